The lowest BCUT2D eigenvalue weighted by atomic mass is 9.96. The van der Waals surface area contributed by atoms with E-state index in [0.717, 1.165) is 31.2 Å². The van der Waals surface area contributed by atoms with Crippen LogP contribution in [0.1, 0.15) is 51.0 Å². The van der Waals surface area contributed by atoms with E-state index in [4.69, 9.17) is 16.3 Å². The summed E-state index contributed by atoms with van der Waals surface area (Å²) < 4.78 is 4.97. The van der Waals surface area contributed by atoms with Gasteiger partial charge in [0.2, 0.25) is 0 Å². The van der Waals surface area contributed by atoms with Gasteiger partial charge in [-0.05, 0) is 31.4 Å². The second-order valence-corrected chi connectivity index (χ2v) is 6.76. The molecule has 0 saturated heterocycles. The molecule has 1 N–H and O–H groups in total. The van der Waals surface area contributed by atoms with Crippen molar-refractivity contribution in [2.45, 2.75) is 58.0 Å². The van der Waals surface area contributed by atoms with Gasteiger partial charge in [0.25, 0.3) is 0 Å². The molecule has 2 rings (SSSR count). The number of hydrogen-bond donors (Lipinski definition) is 1. The van der Waals surface area contributed by atoms with Crippen LogP contribution in [0, 0.1) is 0 Å². The fraction of sp³-hybridized carbons (Fsp3) is 0.579. The zero-order valence-corrected chi connectivity index (χ0v) is 15.6. The minimum Gasteiger partial charge on any atom is -0.466 e. The average Bonchev–Trinajstić information content (AvgIpc) is 2.61. The first-order chi connectivity index (χ1) is 12.1. The molecule has 0 aromatic heterocycles. The van der Waals surface area contributed by atoms with Crippen molar-refractivity contribution in [2.75, 3.05) is 13.2 Å². The summed E-state index contributed by atoms with van der Waals surface area (Å²) in [6.07, 6.45) is 5.75. The zero-order valence-electron chi connectivity index (χ0n) is 14.8. The number of ether oxygens (including phenoxy) is 1. The molecule has 0 radical (unpaired) electrons. The van der Waals surface area contributed by atoms with Crippen molar-refractivity contribution in [3.05, 3.63) is 34.9 Å². The molecule has 5 nitrogen and oxygen atoms in total. The van der Waals surface area contributed by atoms with Crippen LogP contribution < -0.4 is 5.32 Å². The molecule has 138 valence electrons. The van der Waals surface area contributed by atoms with Gasteiger partial charge in [0, 0.05) is 24.2 Å². The van der Waals surface area contributed by atoms with Crippen molar-refractivity contribution in [1.82, 2.24) is 10.2 Å². The summed E-state index contributed by atoms with van der Waals surface area (Å²) in [6, 6.07) is 7.53. The molecule has 6 heteroatoms. The van der Waals surface area contributed by atoms with Crippen LogP contribution in [0.2, 0.25) is 5.02 Å². The molecule has 1 aromatic carbocycles. The minimum absolute atomic E-state index is 0.142. The van der Waals surface area contributed by atoms with Gasteiger partial charge in [-0.15, -0.1) is 0 Å². The second-order valence-electron chi connectivity index (χ2n) is 6.35. The molecule has 0 spiro atoms. The lowest BCUT2D eigenvalue weighted by molar-refractivity contribution is -0.143. The Hall–Kier alpha value is -1.75. The van der Waals surface area contributed by atoms with Crippen LogP contribution in [0.25, 0.3) is 0 Å². The number of urea groups is 1. The van der Waals surface area contributed by atoms with Gasteiger partial charge in [0.1, 0.15) is 0 Å². The molecule has 1 aliphatic rings. The summed E-state index contributed by atoms with van der Waals surface area (Å²) in [6.45, 7) is 2.80. The highest BCUT2D eigenvalue weighted by Crippen LogP contribution is 2.20. The van der Waals surface area contributed by atoms with Crippen LogP contribution in [0.3, 0.4) is 0 Å². The lowest BCUT2D eigenvalue weighted by Crippen LogP contribution is -2.45. The summed E-state index contributed by atoms with van der Waals surface area (Å²) in [4.78, 5) is 26.0. The predicted octanol–water partition coefficient (Wildman–Crippen LogP) is 4.14. The zero-order chi connectivity index (χ0) is 18.1. The van der Waals surface area contributed by atoms with E-state index < -0.39 is 0 Å². The van der Waals surface area contributed by atoms with Crippen molar-refractivity contribution < 1.29 is 14.3 Å². The van der Waals surface area contributed by atoms with Crippen LogP contribution in [0.4, 0.5) is 4.79 Å². The molecular weight excluding hydrogens is 340 g/mol. The first-order valence-electron chi connectivity index (χ1n) is 9.04. The fourth-order valence-electron chi connectivity index (χ4n) is 3.06. The van der Waals surface area contributed by atoms with E-state index in [0.29, 0.717) is 24.7 Å². The highest BCUT2D eigenvalue weighted by Gasteiger charge is 2.21. The van der Waals surface area contributed by atoms with Crippen LogP contribution >= 0.6 is 11.6 Å². The van der Waals surface area contributed by atoms with Crippen LogP contribution in [-0.2, 0) is 16.1 Å². The van der Waals surface area contributed by atoms with Gasteiger partial charge in [-0.2, -0.15) is 0 Å². The quantitative estimate of drug-likeness (QED) is 0.738. The molecule has 0 bridgehead atoms. The standard InChI is InChI=1S/C19H27ClN2O3/c1-2-25-18(23)12-13-22(14-15-8-6-7-11-17(15)20)19(24)21-16-9-4-3-5-10-16/h6-8,11,16H,2-5,9-10,12-14H2,1H3,(H,21,24). The summed E-state index contributed by atoms with van der Waals surface area (Å²) in [7, 11) is 0. The highest BCUT2D eigenvalue weighted by molar-refractivity contribution is 6.31. The molecule has 1 saturated carbocycles. The Kier molecular flexibility index (Phi) is 8.06. The summed E-state index contributed by atoms with van der Waals surface area (Å²) in [5.41, 5.74) is 0.867. The van der Waals surface area contributed by atoms with Crippen molar-refractivity contribution in [2.24, 2.45) is 0 Å². The Morgan fingerprint density at radius 3 is 2.64 bits per heavy atom. The van der Waals surface area contributed by atoms with Crippen molar-refractivity contribution in [3.8, 4) is 0 Å². The maximum Gasteiger partial charge on any atom is 0.317 e. The van der Waals surface area contributed by atoms with Crippen molar-refractivity contribution in [1.29, 1.82) is 0 Å². The molecule has 0 aliphatic heterocycles. The Morgan fingerprint density at radius 2 is 1.96 bits per heavy atom. The number of nitrogens with one attached hydrogen (secondary N) is 1. The van der Waals surface area contributed by atoms with Crippen LogP contribution in [-0.4, -0.2) is 36.1 Å². The third kappa shape index (κ3) is 6.58. The highest BCUT2D eigenvalue weighted by atomic mass is 35.5. The molecule has 1 fully saturated rings. The monoisotopic (exact) mass is 366 g/mol. The molecule has 2 amide bonds. The van der Waals surface area contributed by atoms with Gasteiger partial charge >= 0.3 is 12.0 Å². The summed E-state index contributed by atoms with van der Waals surface area (Å²) >= 11 is 6.23. The van der Waals surface area contributed by atoms with E-state index in [1.165, 1.54) is 6.42 Å². The fourth-order valence-corrected chi connectivity index (χ4v) is 3.25. The third-order valence-corrected chi connectivity index (χ3v) is 4.80. The molecule has 1 aliphatic carbocycles. The number of rotatable bonds is 7. The van der Waals surface area contributed by atoms with E-state index in [-0.39, 0.29) is 24.5 Å². The Morgan fingerprint density at radius 1 is 1.24 bits per heavy atom. The number of halogens is 1. The van der Waals surface area contributed by atoms with Gasteiger partial charge in [0.05, 0.1) is 13.0 Å². The van der Waals surface area contributed by atoms with Crippen LogP contribution in [0.15, 0.2) is 24.3 Å². The number of esters is 1. The topological polar surface area (TPSA) is 58.6 Å². The number of carbonyl (C=O) groups excluding carboxylic acids is 2. The van der Waals surface area contributed by atoms with Gasteiger partial charge in [0.15, 0.2) is 0 Å². The first kappa shape index (κ1) is 19.6. The van der Waals surface area contributed by atoms with Crippen molar-refractivity contribution >= 4 is 23.6 Å². The number of nitrogens with zero attached hydrogens (tertiary/aromatic N) is 1. The maximum atomic E-state index is 12.7. The summed E-state index contributed by atoms with van der Waals surface area (Å²) in [5, 5.41) is 3.73. The largest absolute Gasteiger partial charge is 0.466 e. The lowest BCUT2D eigenvalue weighted by Gasteiger charge is -2.28. The molecule has 1 aromatic rings. The van der Waals surface area contributed by atoms with Crippen LogP contribution in [0.5, 0.6) is 0 Å². The van der Waals surface area contributed by atoms with Gasteiger partial charge in [-0.3, -0.25) is 4.79 Å². The van der Waals surface area contributed by atoms with E-state index in [9.17, 15) is 9.59 Å². The van der Waals surface area contributed by atoms with Gasteiger partial charge in [-0.25, -0.2) is 4.79 Å². The van der Waals surface area contributed by atoms with E-state index in [1.807, 2.05) is 18.2 Å². The Bertz CT molecular complexity index is 574. The molecular formula is C19H27ClN2O3. The van der Waals surface area contributed by atoms with Crippen molar-refractivity contribution in [3.63, 3.8) is 0 Å². The summed E-state index contributed by atoms with van der Waals surface area (Å²) in [5.74, 6) is -0.294. The normalized spacial score (nSPS) is 14.8. The van der Waals surface area contributed by atoms with E-state index >= 15 is 0 Å². The molecule has 0 atom stereocenters. The number of benzene rings is 1. The maximum absolute atomic E-state index is 12.7. The minimum atomic E-state index is -0.294. The first-order valence-corrected chi connectivity index (χ1v) is 9.42. The van der Waals surface area contributed by atoms with E-state index in [2.05, 4.69) is 5.32 Å². The van der Waals surface area contributed by atoms with Gasteiger partial charge in [-0.1, -0.05) is 49.1 Å². The number of amides is 2. The third-order valence-electron chi connectivity index (χ3n) is 4.43. The van der Waals surface area contributed by atoms with Gasteiger partial charge < -0.3 is 15.0 Å². The number of hydrogen-bond acceptors (Lipinski definition) is 3. The Labute approximate surface area is 154 Å². The average molecular weight is 367 g/mol. The molecule has 0 heterocycles. The second kappa shape index (κ2) is 10.3. The smallest absolute Gasteiger partial charge is 0.317 e. The number of carbonyl (C=O) groups is 2. The molecule has 0 unspecified atom stereocenters. The van der Waals surface area contributed by atoms with E-state index in [1.54, 1.807) is 17.9 Å². The molecule has 25 heavy (non-hydrogen) atoms. The SMILES string of the molecule is CCOC(=O)CCN(Cc1ccccc1Cl)C(=O)NC1CCCCC1. The predicted molar refractivity (Wildman–Crippen MR) is 98.5 cm³/mol. The Balaban J connectivity index is 2.00.